The smallest absolute Gasteiger partial charge is 0.266 e. The molecule has 0 fully saturated rings. The van der Waals surface area contributed by atoms with E-state index in [0.717, 1.165) is 5.52 Å². The fourth-order valence-corrected chi connectivity index (χ4v) is 2.99. The van der Waals surface area contributed by atoms with E-state index in [2.05, 4.69) is 25.1 Å². The first kappa shape index (κ1) is 11.7. The molecule has 1 aromatic carbocycles. The molecule has 0 atom stereocenters. The summed E-state index contributed by atoms with van der Waals surface area (Å²) in [5.74, 6) is 0.274. The molecule has 0 saturated carbocycles. The SMILES string of the molecule is Cc1[nH]ncc1S(=O)(=O)Nc1n[nH]c2ccccc12. The van der Waals surface area contributed by atoms with E-state index in [1.807, 2.05) is 18.2 Å². The molecule has 3 N–H and O–H groups in total. The summed E-state index contributed by atoms with van der Waals surface area (Å²) in [5.41, 5.74) is 1.25. The third kappa shape index (κ3) is 1.95. The molecule has 0 saturated heterocycles. The number of sulfonamides is 1. The largest absolute Gasteiger partial charge is 0.281 e. The van der Waals surface area contributed by atoms with Gasteiger partial charge in [0.1, 0.15) is 4.90 Å². The molecular weight excluding hydrogens is 266 g/mol. The molecule has 98 valence electrons. The molecule has 0 aliphatic carbocycles. The van der Waals surface area contributed by atoms with Crippen molar-refractivity contribution in [2.75, 3.05) is 4.72 Å². The van der Waals surface area contributed by atoms with Crippen LogP contribution < -0.4 is 4.72 Å². The summed E-state index contributed by atoms with van der Waals surface area (Å²) < 4.78 is 26.9. The molecule has 0 bridgehead atoms. The van der Waals surface area contributed by atoms with Crippen LogP contribution in [0, 0.1) is 6.92 Å². The third-order valence-electron chi connectivity index (χ3n) is 2.77. The molecule has 19 heavy (non-hydrogen) atoms. The van der Waals surface area contributed by atoms with Crippen molar-refractivity contribution in [3.8, 4) is 0 Å². The number of fused-ring (bicyclic) bond motifs is 1. The molecule has 3 aromatic rings. The van der Waals surface area contributed by atoms with Crippen molar-refractivity contribution in [2.45, 2.75) is 11.8 Å². The number of hydrogen-bond donors (Lipinski definition) is 3. The Kier molecular flexibility index (Phi) is 2.53. The number of rotatable bonds is 3. The van der Waals surface area contributed by atoms with Crippen LogP contribution in [0.25, 0.3) is 10.9 Å². The highest BCUT2D eigenvalue weighted by atomic mass is 32.2. The van der Waals surface area contributed by atoms with E-state index in [0.29, 0.717) is 11.1 Å². The number of aromatic amines is 2. The second-order valence-electron chi connectivity index (χ2n) is 4.08. The monoisotopic (exact) mass is 277 g/mol. The summed E-state index contributed by atoms with van der Waals surface area (Å²) in [5, 5.41) is 13.8. The van der Waals surface area contributed by atoms with Crippen LogP contribution in [0.2, 0.25) is 0 Å². The van der Waals surface area contributed by atoms with Crippen LogP contribution in [0.15, 0.2) is 35.4 Å². The van der Waals surface area contributed by atoms with Gasteiger partial charge in [-0.15, -0.1) is 0 Å². The lowest BCUT2D eigenvalue weighted by molar-refractivity contribution is 0.600. The predicted molar refractivity (Wildman–Crippen MR) is 70.2 cm³/mol. The first-order valence-corrected chi connectivity index (χ1v) is 7.02. The van der Waals surface area contributed by atoms with Crippen LogP contribution >= 0.6 is 0 Å². The highest BCUT2D eigenvalue weighted by Gasteiger charge is 2.20. The molecule has 0 aliphatic rings. The molecule has 2 heterocycles. The highest BCUT2D eigenvalue weighted by Crippen LogP contribution is 2.23. The molecule has 0 radical (unpaired) electrons. The quantitative estimate of drug-likeness (QED) is 0.673. The summed E-state index contributed by atoms with van der Waals surface area (Å²) in [7, 11) is -3.69. The van der Waals surface area contributed by atoms with Gasteiger partial charge in [-0.2, -0.15) is 10.2 Å². The molecule has 0 aliphatic heterocycles. The van der Waals surface area contributed by atoms with E-state index in [-0.39, 0.29) is 10.7 Å². The van der Waals surface area contributed by atoms with Crippen LogP contribution in [-0.4, -0.2) is 28.8 Å². The molecule has 3 rings (SSSR count). The minimum Gasteiger partial charge on any atom is -0.281 e. The summed E-state index contributed by atoms with van der Waals surface area (Å²) in [4.78, 5) is 0.111. The lowest BCUT2D eigenvalue weighted by Gasteiger charge is -2.04. The Morgan fingerprint density at radius 1 is 1.21 bits per heavy atom. The normalized spacial score (nSPS) is 11.8. The Morgan fingerprint density at radius 3 is 2.74 bits per heavy atom. The van der Waals surface area contributed by atoms with Gasteiger partial charge in [0.2, 0.25) is 0 Å². The molecule has 7 nitrogen and oxygen atoms in total. The standard InChI is InChI=1S/C11H11N5O2S/c1-7-10(6-12-13-7)19(17,18)16-11-8-4-2-3-5-9(8)14-15-11/h2-6H,1H3,(H,12,13)(H2,14,15,16). The number of anilines is 1. The van der Waals surface area contributed by atoms with Crippen LogP contribution in [0.3, 0.4) is 0 Å². The number of nitrogens with zero attached hydrogens (tertiary/aromatic N) is 2. The average Bonchev–Trinajstić information content (AvgIpc) is 2.97. The van der Waals surface area contributed by atoms with Gasteiger partial charge in [-0.3, -0.25) is 14.9 Å². The number of benzene rings is 1. The van der Waals surface area contributed by atoms with Crippen LogP contribution in [0.1, 0.15) is 5.69 Å². The van der Waals surface area contributed by atoms with E-state index in [1.54, 1.807) is 13.0 Å². The zero-order valence-corrected chi connectivity index (χ0v) is 10.8. The fourth-order valence-electron chi connectivity index (χ4n) is 1.83. The van der Waals surface area contributed by atoms with Crippen molar-refractivity contribution in [1.82, 2.24) is 20.4 Å². The van der Waals surface area contributed by atoms with E-state index in [9.17, 15) is 8.42 Å². The second kappa shape index (κ2) is 4.09. The van der Waals surface area contributed by atoms with Crippen molar-refractivity contribution in [2.24, 2.45) is 0 Å². The Labute approximate surface area is 109 Å². The van der Waals surface area contributed by atoms with E-state index >= 15 is 0 Å². The number of para-hydroxylation sites is 1. The van der Waals surface area contributed by atoms with Gasteiger partial charge in [0.15, 0.2) is 5.82 Å². The maximum Gasteiger partial charge on any atom is 0.266 e. The average molecular weight is 277 g/mol. The molecule has 0 amide bonds. The van der Waals surface area contributed by atoms with Crippen LogP contribution in [-0.2, 0) is 10.0 Å². The first-order valence-electron chi connectivity index (χ1n) is 5.54. The Morgan fingerprint density at radius 2 is 2.00 bits per heavy atom. The number of aryl methyl sites for hydroxylation is 1. The minimum atomic E-state index is -3.69. The van der Waals surface area contributed by atoms with Gasteiger partial charge >= 0.3 is 0 Å². The molecular formula is C11H11N5O2S. The summed E-state index contributed by atoms with van der Waals surface area (Å²) in [6, 6.07) is 7.28. The van der Waals surface area contributed by atoms with Gasteiger partial charge in [0.25, 0.3) is 10.0 Å². The van der Waals surface area contributed by atoms with Crippen molar-refractivity contribution >= 4 is 26.7 Å². The zero-order chi connectivity index (χ0) is 13.5. The van der Waals surface area contributed by atoms with E-state index < -0.39 is 10.0 Å². The molecule has 0 spiro atoms. The maximum absolute atomic E-state index is 12.2. The Hall–Kier alpha value is -2.35. The molecule has 2 aromatic heterocycles. The lowest BCUT2D eigenvalue weighted by Crippen LogP contribution is -2.13. The first-order chi connectivity index (χ1) is 9.08. The molecule has 0 unspecified atom stereocenters. The topological polar surface area (TPSA) is 104 Å². The minimum absolute atomic E-state index is 0.111. The van der Waals surface area contributed by atoms with Crippen molar-refractivity contribution in [3.63, 3.8) is 0 Å². The van der Waals surface area contributed by atoms with Gasteiger partial charge in [-0.1, -0.05) is 12.1 Å². The number of hydrogen-bond acceptors (Lipinski definition) is 4. The Balaban J connectivity index is 2.04. The van der Waals surface area contributed by atoms with Gasteiger partial charge in [0.05, 0.1) is 17.4 Å². The predicted octanol–water partition coefficient (Wildman–Crippen LogP) is 1.40. The fraction of sp³-hybridized carbons (Fsp3) is 0.0909. The highest BCUT2D eigenvalue weighted by molar-refractivity contribution is 7.92. The van der Waals surface area contributed by atoms with Crippen LogP contribution in [0.5, 0.6) is 0 Å². The van der Waals surface area contributed by atoms with E-state index in [4.69, 9.17) is 0 Å². The summed E-state index contributed by atoms with van der Waals surface area (Å²) in [6.07, 6.45) is 1.27. The van der Waals surface area contributed by atoms with Gasteiger partial charge in [0, 0.05) is 5.39 Å². The second-order valence-corrected chi connectivity index (χ2v) is 5.73. The van der Waals surface area contributed by atoms with E-state index in [1.165, 1.54) is 6.20 Å². The van der Waals surface area contributed by atoms with Crippen molar-refractivity contribution in [1.29, 1.82) is 0 Å². The number of nitrogens with one attached hydrogen (secondary N) is 3. The van der Waals surface area contributed by atoms with Gasteiger partial charge < -0.3 is 0 Å². The number of H-pyrrole nitrogens is 2. The Bertz CT molecular complexity index is 834. The number of aromatic nitrogens is 4. The maximum atomic E-state index is 12.2. The van der Waals surface area contributed by atoms with Gasteiger partial charge in [-0.05, 0) is 19.1 Å². The summed E-state index contributed by atoms with van der Waals surface area (Å²) in [6.45, 7) is 1.64. The molecule has 8 heteroatoms. The van der Waals surface area contributed by atoms with Crippen molar-refractivity contribution in [3.05, 3.63) is 36.2 Å². The third-order valence-corrected chi connectivity index (χ3v) is 4.23. The summed E-state index contributed by atoms with van der Waals surface area (Å²) >= 11 is 0. The van der Waals surface area contributed by atoms with Gasteiger partial charge in [-0.25, -0.2) is 8.42 Å². The van der Waals surface area contributed by atoms with Crippen molar-refractivity contribution < 1.29 is 8.42 Å². The lowest BCUT2D eigenvalue weighted by atomic mass is 10.2. The zero-order valence-electron chi connectivity index (χ0n) is 10.0. The van der Waals surface area contributed by atoms with Crippen LogP contribution in [0.4, 0.5) is 5.82 Å².